The number of nitrogens with one attached hydrogen (secondary N) is 1. The number of nitrogens with zero attached hydrogens (tertiary/aromatic N) is 3. The van der Waals surface area contributed by atoms with Crippen molar-refractivity contribution in [3.8, 4) is 40.1 Å². The molecule has 0 aliphatic heterocycles. The third-order valence-electron chi connectivity index (χ3n) is 4.30. The SMILES string of the molecule is COc1ccc(C=Nn2c(-c3cc(OC)c(OC)c(OC)c3)n[nH]c2=S)cc1OC. The average molecular weight is 430 g/mol. The van der Waals surface area contributed by atoms with Crippen molar-refractivity contribution < 1.29 is 23.7 Å². The number of hydrogen-bond donors (Lipinski definition) is 1. The minimum atomic E-state index is 0.329. The summed E-state index contributed by atoms with van der Waals surface area (Å²) in [7, 11) is 7.80. The van der Waals surface area contributed by atoms with Crippen LogP contribution in [0.3, 0.4) is 0 Å². The van der Waals surface area contributed by atoms with Gasteiger partial charge in [0.05, 0.1) is 41.8 Å². The molecule has 0 aliphatic carbocycles. The Hall–Kier alpha value is -3.53. The fourth-order valence-electron chi connectivity index (χ4n) is 2.85. The lowest BCUT2D eigenvalue weighted by atomic mass is 10.1. The molecule has 3 aromatic rings. The summed E-state index contributed by atoms with van der Waals surface area (Å²) in [6.07, 6.45) is 1.65. The van der Waals surface area contributed by atoms with Gasteiger partial charge >= 0.3 is 0 Å². The Bertz CT molecular complexity index is 1100. The highest BCUT2D eigenvalue weighted by molar-refractivity contribution is 7.71. The molecular weight excluding hydrogens is 408 g/mol. The normalized spacial score (nSPS) is 10.8. The number of aromatic amines is 1. The summed E-state index contributed by atoms with van der Waals surface area (Å²) in [5, 5.41) is 11.5. The topological polar surface area (TPSA) is 92.1 Å². The molecule has 0 aliphatic rings. The number of methoxy groups -OCH3 is 5. The molecule has 0 unspecified atom stereocenters. The first-order valence-electron chi connectivity index (χ1n) is 8.80. The summed E-state index contributed by atoms with van der Waals surface area (Å²) in [6.45, 7) is 0. The van der Waals surface area contributed by atoms with Crippen LogP contribution in [0.4, 0.5) is 0 Å². The zero-order valence-corrected chi connectivity index (χ0v) is 18.1. The molecule has 0 atom stereocenters. The first-order valence-corrected chi connectivity index (χ1v) is 9.21. The highest BCUT2D eigenvalue weighted by Crippen LogP contribution is 2.40. The van der Waals surface area contributed by atoms with Crippen LogP contribution in [0.5, 0.6) is 28.7 Å². The second kappa shape index (κ2) is 9.31. The fraction of sp³-hybridized carbons (Fsp3) is 0.250. The molecule has 0 bridgehead atoms. The average Bonchev–Trinajstić information content (AvgIpc) is 3.16. The molecule has 10 heteroatoms. The van der Waals surface area contributed by atoms with Gasteiger partial charge in [-0.1, -0.05) is 0 Å². The van der Waals surface area contributed by atoms with Gasteiger partial charge in [-0.05, 0) is 48.1 Å². The standard InChI is InChI=1S/C20H22N4O5S/c1-25-14-7-6-12(8-15(14)26-2)11-21-24-19(22-23-20(24)30)13-9-16(27-3)18(29-5)17(10-13)28-4/h6-11H,1-5H3,(H,23,30). The highest BCUT2D eigenvalue weighted by Gasteiger charge is 2.17. The first-order chi connectivity index (χ1) is 14.6. The molecule has 9 nitrogen and oxygen atoms in total. The van der Waals surface area contributed by atoms with Crippen LogP contribution in [0.1, 0.15) is 5.56 Å². The van der Waals surface area contributed by atoms with Crippen LogP contribution < -0.4 is 23.7 Å². The first kappa shape index (κ1) is 21.2. The molecule has 0 radical (unpaired) electrons. The number of benzene rings is 2. The van der Waals surface area contributed by atoms with Gasteiger partial charge in [-0.15, -0.1) is 0 Å². The maximum atomic E-state index is 5.42. The molecule has 158 valence electrons. The summed E-state index contributed by atoms with van der Waals surface area (Å²) in [5.74, 6) is 3.19. The zero-order chi connectivity index (χ0) is 21.7. The summed E-state index contributed by atoms with van der Waals surface area (Å²) in [4.78, 5) is 0. The van der Waals surface area contributed by atoms with Crippen LogP contribution in [0.2, 0.25) is 0 Å². The van der Waals surface area contributed by atoms with Gasteiger partial charge in [0.25, 0.3) is 0 Å². The second-order valence-corrected chi connectivity index (χ2v) is 6.32. The van der Waals surface area contributed by atoms with Crippen LogP contribution >= 0.6 is 12.2 Å². The predicted octanol–water partition coefficient (Wildman–Crippen LogP) is 3.53. The number of ether oxygens (including phenoxy) is 5. The molecule has 0 saturated heterocycles. The molecule has 0 fully saturated rings. The van der Waals surface area contributed by atoms with Crippen molar-refractivity contribution in [2.24, 2.45) is 5.10 Å². The summed E-state index contributed by atoms with van der Waals surface area (Å²) < 4.78 is 28.6. The molecule has 0 spiro atoms. The minimum absolute atomic E-state index is 0.329. The van der Waals surface area contributed by atoms with Crippen LogP contribution in [-0.4, -0.2) is 56.6 Å². The molecule has 1 N–H and O–H groups in total. The van der Waals surface area contributed by atoms with Gasteiger partial charge in [0.1, 0.15) is 0 Å². The van der Waals surface area contributed by atoms with Gasteiger partial charge in [-0.3, -0.25) is 0 Å². The Morgan fingerprint density at radius 3 is 2.07 bits per heavy atom. The van der Waals surface area contributed by atoms with E-state index in [9.17, 15) is 0 Å². The van der Waals surface area contributed by atoms with E-state index in [1.807, 2.05) is 12.1 Å². The Kier molecular flexibility index (Phi) is 6.58. The second-order valence-electron chi connectivity index (χ2n) is 5.94. The van der Waals surface area contributed by atoms with E-state index in [-0.39, 0.29) is 0 Å². The van der Waals surface area contributed by atoms with E-state index >= 15 is 0 Å². The number of H-pyrrole nitrogens is 1. The van der Waals surface area contributed by atoms with E-state index in [1.54, 1.807) is 60.0 Å². The third-order valence-corrected chi connectivity index (χ3v) is 4.57. The van der Waals surface area contributed by atoms with Crippen LogP contribution in [0.15, 0.2) is 35.4 Å². The minimum Gasteiger partial charge on any atom is -0.493 e. The van der Waals surface area contributed by atoms with Crippen molar-refractivity contribution in [1.82, 2.24) is 14.9 Å². The van der Waals surface area contributed by atoms with E-state index in [2.05, 4.69) is 15.3 Å². The quantitative estimate of drug-likeness (QED) is 0.432. The van der Waals surface area contributed by atoms with E-state index in [1.165, 1.54) is 4.68 Å². The van der Waals surface area contributed by atoms with Gasteiger partial charge in [-0.2, -0.15) is 14.9 Å². The van der Waals surface area contributed by atoms with Crippen molar-refractivity contribution >= 4 is 18.4 Å². The van der Waals surface area contributed by atoms with E-state index < -0.39 is 0 Å². The third kappa shape index (κ3) is 4.08. The number of rotatable bonds is 8. The summed E-state index contributed by atoms with van der Waals surface area (Å²) >= 11 is 5.35. The molecule has 0 amide bonds. The van der Waals surface area contributed by atoms with E-state index in [0.717, 1.165) is 5.56 Å². The largest absolute Gasteiger partial charge is 0.493 e. The van der Waals surface area contributed by atoms with Crippen LogP contribution in [0.25, 0.3) is 11.4 Å². The monoisotopic (exact) mass is 430 g/mol. The van der Waals surface area contributed by atoms with Gasteiger partial charge < -0.3 is 23.7 Å². The molecule has 2 aromatic carbocycles. The van der Waals surface area contributed by atoms with Gasteiger partial charge in [0, 0.05) is 5.56 Å². The maximum absolute atomic E-state index is 5.42. The van der Waals surface area contributed by atoms with Crippen molar-refractivity contribution in [2.45, 2.75) is 0 Å². The molecule has 3 rings (SSSR count). The Morgan fingerprint density at radius 2 is 1.50 bits per heavy atom. The fourth-order valence-corrected chi connectivity index (χ4v) is 3.03. The van der Waals surface area contributed by atoms with Gasteiger partial charge in [0.2, 0.25) is 10.5 Å². The molecule has 30 heavy (non-hydrogen) atoms. The van der Waals surface area contributed by atoms with Crippen molar-refractivity contribution in [3.05, 3.63) is 40.7 Å². The number of aromatic nitrogens is 3. The Morgan fingerprint density at radius 1 is 0.867 bits per heavy atom. The zero-order valence-electron chi connectivity index (χ0n) is 17.3. The maximum Gasteiger partial charge on any atom is 0.216 e. The van der Waals surface area contributed by atoms with Crippen molar-refractivity contribution in [2.75, 3.05) is 35.5 Å². The highest BCUT2D eigenvalue weighted by atomic mass is 32.1. The lowest BCUT2D eigenvalue weighted by molar-refractivity contribution is 0.324. The molecular formula is C20H22N4O5S. The number of hydrogen-bond acceptors (Lipinski definition) is 8. The Balaban J connectivity index is 2.04. The van der Waals surface area contributed by atoms with Gasteiger partial charge in [-0.25, -0.2) is 5.10 Å². The van der Waals surface area contributed by atoms with Crippen molar-refractivity contribution in [1.29, 1.82) is 0 Å². The summed E-state index contributed by atoms with van der Waals surface area (Å²) in [6, 6.07) is 9.01. The lowest BCUT2D eigenvalue weighted by Gasteiger charge is -2.13. The van der Waals surface area contributed by atoms with E-state index in [0.29, 0.717) is 44.9 Å². The van der Waals surface area contributed by atoms with E-state index in [4.69, 9.17) is 35.9 Å². The smallest absolute Gasteiger partial charge is 0.216 e. The van der Waals surface area contributed by atoms with Crippen LogP contribution in [0, 0.1) is 4.77 Å². The van der Waals surface area contributed by atoms with Gasteiger partial charge in [0.15, 0.2) is 28.8 Å². The van der Waals surface area contributed by atoms with Crippen molar-refractivity contribution in [3.63, 3.8) is 0 Å². The Labute approximate surface area is 178 Å². The molecule has 0 saturated carbocycles. The predicted molar refractivity (Wildman–Crippen MR) is 115 cm³/mol. The molecule has 1 heterocycles. The molecule has 1 aromatic heterocycles. The summed E-state index contributed by atoms with van der Waals surface area (Å²) in [5.41, 5.74) is 1.48. The lowest BCUT2D eigenvalue weighted by Crippen LogP contribution is -1.99. The van der Waals surface area contributed by atoms with Crippen LogP contribution in [-0.2, 0) is 0 Å².